The number of hydrogen-bond donors (Lipinski definition) is 5. The Morgan fingerprint density at radius 2 is 1.00 bits per heavy atom. The van der Waals surface area contributed by atoms with E-state index in [1.807, 2.05) is 30.3 Å². The summed E-state index contributed by atoms with van der Waals surface area (Å²) in [7, 11) is 0. The first-order valence-electron chi connectivity index (χ1n) is 6.93. The highest BCUT2D eigenvalue weighted by molar-refractivity contribution is 5.63. The van der Waals surface area contributed by atoms with Gasteiger partial charge in [0.25, 0.3) is 23.9 Å². The van der Waals surface area contributed by atoms with Crippen LogP contribution in [0.25, 0.3) is 0 Å². The summed E-state index contributed by atoms with van der Waals surface area (Å²) in [5.74, 6) is -2.53. The fourth-order valence-electron chi connectivity index (χ4n) is 0.680. The maximum atomic E-state index is 9.00. The molecule has 1 aromatic carbocycles. The van der Waals surface area contributed by atoms with Crippen molar-refractivity contribution in [3.05, 3.63) is 30.3 Å². The topological polar surface area (TPSA) is 179 Å². The predicted octanol–water partition coefficient (Wildman–Crippen LogP) is 1.42. The molecule has 0 aliphatic rings. The molecule has 26 heavy (non-hydrogen) atoms. The maximum Gasteiger partial charge on any atom is 0.300 e. The summed E-state index contributed by atoms with van der Waals surface area (Å²) in [5.41, 5.74) is 0. The van der Waals surface area contributed by atoms with Crippen molar-refractivity contribution in [3.8, 4) is 5.75 Å². The quantitative estimate of drug-likeness (QED) is 0.516. The van der Waals surface area contributed by atoms with Gasteiger partial charge in [-0.1, -0.05) is 18.2 Å². The number of aliphatic hydroxyl groups excluding tert-OH is 1. The molecule has 0 fully saturated rings. The number of rotatable bonds is 3. The van der Waals surface area contributed by atoms with E-state index in [-0.39, 0.29) is 6.61 Å². The van der Waals surface area contributed by atoms with Crippen LogP contribution in [-0.4, -0.2) is 62.6 Å². The lowest BCUT2D eigenvalue weighted by Crippen LogP contribution is -2.00. The number of aliphatic carboxylic acids is 4. The van der Waals surface area contributed by atoms with Gasteiger partial charge in [0.15, 0.2) is 0 Å². The van der Waals surface area contributed by atoms with E-state index in [1.54, 1.807) is 0 Å². The molecular formula is C16H26O10. The summed E-state index contributed by atoms with van der Waals surface area (Å²) < 4.78 is 5.11. The monoisotopic (exact) mass is 378 g/mol. The third-order valence-electron chi connectivity index (χ3n) is 1.10. The average Bonchev–Trinajstić information content (AvgIpc) is 2.44. The zero-order valence-electron chi connectivity index (χ0n) is 15.1. The first-order valence-corrected chi connectivity index (χ1v) is 6.93. The molecule has 1 aromatic rings. The molecule has 0 saturated carbocycles. The van der Waals surface area contributed by atoms with Gasteiger partial charge in [0.2, 0.25) is 0 Å². The van der Waals surface area contributed by atoms with Crippen molar-refractivity contribution in [2.45, 2.75) is 27.7 Å². The molecule has 10 heteroatoms. The van der Waals surface area contributed by atoms with E-state index in [9.17, 15) is 0 Å². The van der Waals surface area contributed by atoms with Gasteiger partial charge in [0.1, 0.15) is 12.4 Å². The van der Waals surface area contributed by atoms with Crippen molar-refractivity contribution < 1.29 is 49.4 Å². The minimum atomic E-state index is -0.833. The number of para-hydroxylation sites is 1. The molecule has 0 aliphatic carbocycles. The van der Waals surface area contributed by atoms with Gasteiger partial charge in [-0.25, -0.2) is 0 Å². The Balaban J connectivity index is -0.000000129. The zero-order valence-corrected chi connectivity index (χ0v) is 15.1. The lowest BCUT2D eigenvalue weighted by Gasteiger charge is -2.01. The third kappa shape index (κ3) is 105. The first-order chi connectivity index (χ1) is 11.9. The van der Waals surface area contributed by atoms with Crippen LogP contribution in [0.2, 0.25) is 0 Å². The molecule has 10 nitrogen and oxygen atoms in total. The van der Waals surface area contributed by atoms with Crippen molar-refractivity contribution in [2.24, 2.45) is 0 Å². The molecule has 0 aliphatic heterocycles. The Morgan fingerprint density at radius 1 is 0.731 bits per heavy atom. The zero-order chi connectivity index (χ0) is 21.5. The van der Waals surface area contributed by atoms with Gasteiger partial charge in [-0.3, -0.25) is 19.2 Å². The molecule has 0 radical (unpaired) electrons. The number of carbonyl (C=O) groups is 4. The molecule has 0 amide bonds. The van der Waals surface area contributed by atoms with Crippen LogP contribution in [0.3, 0.4) is 0 Å². The van der Waals surface area contributed by atoms with Gasteiger partial charge in [-0.2, -0.15) is 0 Å². The van der Waals surface area contributed by atoms with Gasteiger partial charge < -0.3 is 30.3 Å². The maximum absolute atomic E-state index is 9.00. The summed E-state index contributed by atoms with van der Waals surface area (Å²) in [5, 5.41) is 38.1. The highest BCUT2D eigenvalue weighted by Gasteiger charge is 1.87. The van der Waals surface area contributed by atoms with E-state index < -0.39 is 23.9 Å². The summed E-state index contributed by atoms with van der Waals surface area (Å²) in [6.07, 6.45) is 0. The number of benzene rings is 1. The highest BCUT2D eigenvalue weighted by Crippen LogP contribution is 2.06. The van der Waals surface area contributed by atoms with E-state index in [0.717, 1.165) is 33.4 Å². The lowest BCUT2D eigenvalue weighted by atomic mass is 10.3. The van der Waals surface area contributed by atoms with E-state index in [0.29, 0.717) is 6.61 Å². The largest absolute Gasteiger partial charge is 0.491 e. The van der Waals surface area contributed by atoms with E-state index in [2.05, 4.69) is 0 Å². The Hall–Kier alpha value is -3.14. The number of carboxylic acid groups (broad SMARTS) is 4. The van der Waals surface area contributed by atoms with Crippen LogP contribution in [0.1, 0.15) is 27.7 Å². The summed E-state index contributed by atoms with van der Waals surface area (Å²) >= 11 is 0. The minimum Gasteiger partial charge on any atom is -0.491 e. The van der Waals surface area contributed by atoms with Gasteiger partial charge in [0, 0.05) is 27.7 Å². The van der Waals surface area contributed by atoms with Crippen LogP contribution in [0.15, 0.2) is 30.3 Å². The van der Waals surface area contributed by atoms with Crippen molar-refractivity contribution >= 4 is 23.9 Å². The highest BCUT2D eigenvalue weighted by atomic mass is 16.5. The molecule has 1 rings (SSSR count). The number of carboxylic acids is 4. The van der Waals surface area contributed by atoms with Crippen molar-refractivity contribution in [1.82, 2.24) is 0 Å². The molecule has 0 unspecified atom stereocenters. The molecule has 0 saturated heterocycles. The number of ether oxygens (including phenoxy) is 1. The van der Waals surface area contributed by atoms with Crippen molar-refractivity contribution in [1.29, 1.82) is 0 Å². The molecule has 5 N–H and O–H groups in total. The third-order valence-corrected chi connectivity index (χ3v) is 1.10. The average molecular weight is 378 g/mol. The molecule has 0 bridgehead atoms. The standard InChI is InChI=1S/C8H10O2.4C2H4O2/c9-6-7-10-8-4-2-1-3-5-8;4*1-2(3)4/h1-5,9H,6-7H2;4*1H3,(H,3,4). The lowest BCUT2D eigenvalue weighted by molar-refractivity contribution is -0.135. The fourth-order valence-corrected chi connectivity index (χ4v) is 0.680. The Kier molecular flexibility index (Phi) is 28.5. The van der Waals surface area contributed by atoms with Crippen molar-refractivity contribution in [3.63, 3.8) is 0 Å². The van der Waals surface area contributed by atoms with E-state index >= 15 is 0 Å². The predicted molar refractivity (Wildman–Crippen MR) is 92.3 cm³/mol. The number of aliphatic hydroxyl groups is 1. The SMILES string of the molecule is CC(=O)O.CC(=O)O.CC(=O)O.CC(=O)O.OCCOc1ccccc1. The van der Waals surface area contributed by atoms with Crippen LogP contribution in [0.4, 0.5) is 0 Å². The van der Waals surface area contributed by atoms with Crippen LogP contribution in [0, 0.1) is 0 Å². The summed E-state index contributed by atoms with van der Waals surface area (Å²) in [4.78, 5) is 36.0. The smallest absolute Gasteiger partial charge is 0.300 e. The van der Waals surface area contributed by atoms with Crippen LogP contribution >= 0.6 is 0 Å². The normalized spacial score (nSPS) is 7.42. The molecule has 0 heterocycles. The first kappa shape index (κ1) is 30.7. The second kappa shape index (κ2) is 24.1. The van der Waals surface area contributed by atoms with Gasteiger partial charge in [-0.05, 0) is 12.1 Å². The van der Waals surface area contributed by atoms with E-state index in [1.165, 1.54) is 0 Å². The minimum absolute atomic E-state index is 0.0644. The molecular weight excluding hydrogens is 352 g/mol. The molecule has 150 valence electrons. The second-order valence-electron chi connectivity index (χ2n) is 3.96. The summed E-state index contributed by atoms with van der Waals surface area (Å²) in [6.45, 7) is 4.76. The van der Waals surface area contributed by atoms with Gasteiger partial charge in [-0.15, -0.1) is 0 Å². The van der Waals surface area contributed by atoms with Crippen LogP contribution in [-0.2, 0) is 19.2 Å². The second-order valence-corrected chi connectivity index (χ2v) is 3.96. The number of hydrogen-bond acceptors (Lipinski definition) is 6. The van der Waals surface area contributed by atoms with Crippen molar-refractivity contribution in [2.75, 3.05) is 13.2 Å². The Morgan fingerprint density at radius 3 is 1.23 bits per heavy atom. The molecule has 0 spiro atoms. The molecule has 0 atom stereocenters. The Labute approximate surface area is 151 Å². The summed E-state index contributed by atoms with van der Waals surface area (Å²) in [6, 6.07) is 9.43. The molecule has 0 aromatic heterocycles. The van der Waals surface area contributed by atoms with Gasteiger partial charge in [0.05, 0.1) is 6.61 Å². The van der Waals surface area contributed by atoms with E-state index in [4.69, 9.17) is 49.4 Å². The van der Waals surface area contributed by atoms with Gasteiger partial charge >= 0.3 is 0 Å². The van der Waals surface area contributed by atoms with Crippen LogP contribution < -0.4 is 4.74 Å². The Bertz CT molecular complexity index is 421. The van der Waals surface area contributed by atoms with Crippen LogP contribution in [0.5, 0.6) is 5.75 Å². The fraction of sp³-hybridized carbons (Fsp3) is 0.375.